The largest absolute Gasteiger partial charge is 0.394 e. The van der Waals surface area contributed by atoms with E-state index in [9.17, 15) is 4.39 Å². The van der Waals surface area contributed by atoms with E-state index < -0.39 is 6.04 Å². The van der Waals surface area contributed by atoms with Gasteiger partial charge in [-0.2, -0.15) is 0 Å². The van der Waals surface area contributed by atoms with E-state index in [-0.39, 0.29) is 19.0 Å². The third-order valence-corrected chi connectivity index (χ3v) is 2.75. The van der Waals surface area contributed by atoms with Gasteiger partial charge in [0.05, 0.1) is 24.9 Å². The van der Waals surface area contributed by atoms with E-state index in [4.69, 9.17) is 10.2 Å². The molecule has 0 atom stereocenters. The fourth-order valence-corrected chi connectivity index (χ4v) is 1.60. The minimum absolute atomic E-state index is 0.223. The molecule has 0 amide bonds. The van der Waals surface area contributed by atoms with Gasteiger partial charge in [-0.25, -0.2) is 4.39 Å². The Kier molecular flexibility index (Phi) is 4.50. The Bertz CT molecular complexity index is 331. The van der Waals surface area contributed by atoms with Crippen molar-refractivity contribution in [3.05, 3.63) is 28.5 Å². The lowest BCUT2D eigenvalue weighted by molar-refractivity contribution is 0.190. The van der Waals surface area contributed by atoms with E-state index in [0.29, 0.717) is 5.69 Å². The summed E-state index contributed by atoms with van der Waals surface area (Å²) in [5.41, 5.74) is 0.345. The molecule has 0 saturated carbocycles. The van der Waals surface area contributed by atoms with Crippen LogP contribution in [0.25, 0.3) is 0 Å². The van der Waals surface area contributed by atoms with Gasteiger partial charge in [0.2, 0.25) is 0 Å². The molecule has 0 unspecified atom stereocenters. The predicted octanol–water partition coefficient (Wildman–Crippen LogP) is 1.38. The molecule has 0 radical (unpaired) electrons. The zero-order valence-electron chi connectivity index (χ0n) is 8.32. The topological polar surface area (TPSA) is 43.7 Å². The van der Waals surface area contributed by atoms with Crippen molar-refractivity contribution in [3.8, 4) is 0 Å². The molecule has 0 aliphatic heterocycles. The predicted molar refractivity (Wildman–Crippen MR) is 60.5 cm³/mol. The van der Waals surface area contributed by atoms with Crippen LogP contribution in [0.4, 0.5) is 10.1 Å². The zero-order valence-corrected chi connectivity index (χ0v) is 9.91. The van der Waals surface area contributed by atoms with Gasteiger partial charge in [-0.1, -0.05) is 15.9 Å². The second-order valence-electron chi connectivity index (χ2n) is 3.23. The maximum Gasteiger partial charge on any atom is 0.146 e. The molecule has 0 fully saturated rings. The maximum atomic E-state index is 13.4. The standard InChI is InChI=1S/C10H13BrFNO2/c1-13(8(5-14)6-15)10-4-7(11)2-3-9(10)12/h2-4,8,14-15H,5-6H2,1H3. The molecule has 3 nitrogen and oxygen atoms in total. The molecule has 0 saturated heterocycles. The van der Waals surface area contributed by atoms with E-state index in [2.05, 4.69) is 15.9 Å². The number of hydrogen-bond donors (Lipinski definition) is 2. The van der Waals surface area contributed by atoms with Crippen LogP contribution in [0, 0.1) is 5.82 Å². The first kappa shape index (κ1) is 12.4. The van der Waals surface area contributed by atoms with Crippen LogP contribution in [-0.2, 0) is 0 Å². The van der Waals surface area contributed by atoms with Gasteiger partial charge in [-0.3, -0.25) is 0 Å². The average molecular weight is 278 g/mol. The highest BCUT2D eigenvalue weighted by atomic mass is 79.9. The smallest absolute Gasteiger partial charge is 0.146 e. The molecule has 0 bridgehead atoms. The lowest BCUT2D eigenvalue weighted by Gasteiger charge is -2.27. The van der Waals surface area contributed by atoms with Crippen LogP contribution < -0.4 is 4.90 Å². The first-order valence-electron chi connectivity index (χ1n) is 4.49. The highest BCUT2D eigenvalue weighted by molar-refractivity contribution is 9.10. The molecule has 0 aliphatic rings. The van der Waals surface area contributed by atoms with Gasteiger partial charge in [0, 0.05) is 11.5 Å². The minimum Gasteiger partial charge on any atom is -0.394 e. The normalized spacial score (nSPS) is 10.8. The average Bonchev–Trinajstić information content (AvgIpc) is 2.23. The molecule has 0 aromatic heterocycles. The van der Waals surface area contributed by atoms with Gasteiger partial charge < -0.3 is 15.1 Å². The van der Waals surface area contributed by atoms with Crippen molar-refractivity contribution in [2.45, 2.75) is 6.04 Å². The molecule has 15 heavy (non-hydrogen) atoms. The summed E-state index contributed by atoms with van der Waals surface area (Å²) in [5, 5.41) is 18.0. The van der Waals surface area contributed by atoms with E-state index in [1.807, 2.05) is 0 Å². The first-order chi connectivity index (χ1) is 7.10. The molecule has 84 valence electrons. The maximum absolute atomic E-state index is 13.4. The lowest BCUT2D eigenvalue weighted by Crippen LogP contribution is -2.38. The number of halogens is 2. The fourth-order valence-electron chi connectivity index (χ4n) is 1.26. The van der Waals surface area contributed by atoms with Crippen molar-refractivity contribution in [2.24, 2.45) is 0 Å². The van der Waals surface area contributed by atoms with Gasteiger partial charge in [-0.05, 0) is 18.2 Å². The molecule has 0 spiro atoms. The molecule has 0 heterocycles. The second kappa shape index (κ2) is 5.44. The highest BCUT2D eigenvalue weighted by Gasteiger charge is 2.16. The summed E-state index contributed by atoms with van der Waals surface area (Å²) in [6.07, 6.45) is 0. The van der Waals surface area contributed by atoms with Gasteiger partial charge in [0.15, 0.2) is 0 Å². The van der Waals surface area contributed by atoms with E-state index in [1.165, 1.54) is 11.0 Å². The Hall–Kier alpha value is -0.650. The van der Waals surface area contributed by atoms with E-state index >= 15 is 0 Å². The zero-order chi connectivity index (χ0) is 11.4. The molecule has 5 heteroatoms. The van der Waals surface area contributed by atoms with Crippen molar-refractivity contribution in [1.29, 1.82) is 0 Å². The summed E-state index contributed by atoms with van der Waals surface area (Å²) < 4.78 is 14.2. The second-order valence-corrected chi connectivity index (χ2v) is 4.14. The Morgan fingerprint density at radius 3 is 2.53 bits per heavy atom. The van der Waals surface area contributed by atoms with Crippen LogP contribution in [-0.4, -0.2) is 36.5 Å². The Morgan fingerprint density at radius 2 is 2.00 bits per heavy atom. The van der Waals surface area contributed by atoms with Crippen molar-refractivity contribution >= 4 is 21.6 Å². The number of anilines is 1. The monoisotopic (exact) mass is 277 g/mol. The van der Waals surface area contributed by atoms with Gasteiger partial charge >= 0.3 is 0 Å². The third kappa shape index (κ3) is 2.90. The number of benzene rings is 1. The molecular formula is C10H13BrFNO2. The van der Waals surface area contributed by atoms with Crippen molar-refractivity contribution in [1.82, 2.24) is 0 Å². The molecule has 0 aliphatic carbocycles. The summed E-state index contributed by atoms with van der Waals surface area (Å²) in [4.78, 5) is 1.51. The summed E-state index contributed by atoms with van der Waals surface area (Å²) in [6, 6.07) is 4.04. The summed E-state index contributed by atoms with van der Waals surface area (Å²) in [5.74, 6) is -0.382. The molecule has 2 N–H and O–H groups in total. The van der Waals surface area contributed by atoms with Crippen LogP contribution in [0.15, 0.2) is 22.7 Å². The van der Waals surface area contributed by atoms with Gasteiger partial charge in [0.25, 0.3) is 0 Å². The SMILES string of the molecule is CN(c1cc(Br)ccc1F)C(CO)CO. The lowest BCUT2D eigenvalue weighted by atomic mass is 10.2. The number of aliphatic hydroxyl groups is 2. The number of aliphatic hydroxyl groups excluding tert-OH is 2. The molecule has 1 aromatic rings. The highest BCUT2D eigenvalue weighted by Crippen LogP contribution is 2.24. The van der Waals surface area contributed by atoms with Crippen LogP contribution in [0.2, 0.25) is 0 Å². The minimum atomic E-state index is -0.492. The third-order valence-electron chi connectivity index (χ3n) is 2.26. The van der Waals surface area contributed by atoms with Crippen molar-refractivity contribution in [3.63, 3.8) is 0 Å². The summed E-state index contributed by atoms with van der Waals surface area (Å²) >= 11 is 3.24. The van der Waals surface area contributed by atoms with Gasteiger partial charge in [-0.15, -0.1) is 0 Å². The quantitative estimate of drug-likeness (QED) is 0.874. The number of nitrogens with zero attached hydrogens (tertiary/aromatic N) is 1. The van der Waals surface area contributed by atoms with Crippen LogP contribution >= 0.6 is 15.9 Å². The Balaban J connectivity index is 2.98. The van der Waals surface area contributed by atoms with Crippen LogP contribution in [0.1, 0.15) is 0 Å². The molecular weight excluding hydrogens is 265 g/mol. The van der Waals surface area contributed by atoms with Crippen molar-refractivity contribution < 1.29 is 14.6 Å². The molecule has 1 rings (SSSR count). The van der Waals surface area contributed by atoms with E-state index in [1.54, 1.807) is 19.2 Å². The molecule has 1 aromatic carbocycles. The number of hydrogen-bond acceptors (Lipinski definition) is 3. The Morgan fingerprint density at radius 1 is 1.40 bits per heavy atom. The Labute approximate surface area is 96.3 Å². The van der Waals surface area contributed by atoms with E-state index in [0.717, 1.165) is 4.47 Å². The summed E-state index contributed by atoms with van der Waals surface area (Å²) in [6.45, 7) is -0.447. The van der Waals surface area contributed by atoms with Gasteiger partial charge in [0.1, 0.15) is 5.82 Å². The fraction of sp³-hybridized carbons (Fsp3) is 0.400. The van der Waals surface area contributed by atoms with Crippen LogP contribution in [0.3, 0.4) is 0 Å². The summed E-state index contributed by atoms with van der Waals surface area (Å²) in [7, 11) is 1.63. The number of likely N-dealkylation sites (N-methyl/N-ethyl adjacent to an activating group) is 1. The number of rotatable bonds is 4. The van der Waals surface area contributed by atoms with Crippen LogP contribution in [0.5, 0.6) is 0 Å². The van der Waals surface area contributed by atoms with Crippen molar-refractivity contribution in [2.75, 3.05) is 25.2 Å². The first-order valence-corrected chi connectivity index (χ1v) is 5.29.